The van der Waals surface area contributed by atoms with E-state index < -0.39 is 12.1 Å². The SMILES string of the molecule is O=C(N[C@@H]1CCN(C(=O)c2ccccc2)C[C@H]1O)c1cccc(O)c1. The number of carbonyl (C=O) groups is 2. The van der Waals surface area contributed by atoms with Gasteiger partial charge in [0.2, 0.25) is 0 Å². The van der Waals surface area contributed by atoms with Crippen LogP contribution in [0, 0.1) is 0 Å². The van der Waals surface area contributed by atoms with Gasteiger partial charge in [0, 0.05) is 24.2 Å². The summed E-state index contributed by atoms with van der Waals surface area (Å²) in [5.74, 6) is -0.475. The van der Waals surface area contributed by atoms with Gasteiger partial charge in [-0.1, -0.05) is 24.3 Å². The van der Waals surface area contributed by atoms with E-state index in [1.165, 1.54) is 12.1 Å². The van der Waals surface area contributed by atoms with Gasteiger partial charge in [-0.3, -0.25) is 9.59 Å². The number of aliphatic hydroxyl groups is 1. The molecule has 25 heavy (non-hydrogen) atoms. The molecule has 1 saturated heterocycles. The standard InChI is InChI=1S/C19H20N2O4/c22-15-8-4-7-14(11-15)18(24)20-16-9-10-21(12-17(16)23)19(25)13-5-2-1-3-6-13/h1-8,11,16-17,22-23H,9-10,12H2,(H,20,24)/t16-,17-/m1/s1. The zero-order valence-corrected chi connectivity index (χ0v) is 13.6. The Labute approximate surface area is 145 Å². The zero-order chi connectivity index (χ0) is 17.8. The fraction of sp³-hybridized carbons (Fsp3) is 0.263. The van der Waals surface area contributed by atoms with Crippen molar-refractivity contribution >= 4 is 11.8 Å². The molecule has 3 N–H and O–H groups in total. The van der Waals surface area contributed by atoms with E-state index >= 15 is 0 Å². The summed E-state index contributed by atoms with van der Waals surface area (Å²) in [6, 6.07) is 14.5. The van der Waals surface area contributed by atoms with Gasteiger partial charge >= 0.3 is 0 Å². The molecule has 0 spiro atoms. The number of nitrogens with zero attached hydrogens (tertiary/aromatic N) is 1. The fourth-order valence-corrected chi connectivity index (χ4v) is 2.95. The monoisotopic (exact) mass is 340 g/mol. The number of amides is 2. The minimum absolute atomic E-state index is 0.0106. The molecule has 2 aromatic carbocycles. The number of phenols is 1. The molecule has 0 radical (unpaired) electrons. The van der Waals surface area contributed by atoms with Gasteiger partial charge in [0.25, 0.3) is 11.8 Å². The average molecular weight is 340 g/mol. The number of nitrogens with one attached hydrogen (secondary N) is 1. The van der Waals surface area contributed by atoms with Crippen LogP contribution in [0.4, 0.5) is 0 Å². The van der Waals surface area contributed by atoms with Crippen LogP contribution in [0.5, 0.6) is 5.75 Å². The van der Waals surface area contributed by atoms with Crippen LogP contribution in [0.2, 0.25) is 0 Å². The summed E-state index contributed by atoms with van der Waals surface area (Å²) in [6.07, 6.45) is -0.382. The first-order valence-corrected chi connectivity index (χ1v) is 8.17. The molecule has 1 heterocycles. The zero-order valence-electron chi connectivity index (χ0n) is 13.6. The number of piperidine rings is 1. The van der Waals surface area contributed by atoms with Crippen molar-refractivity contribution in [3.05, 3.63) is 65.7 Å². The molecule has 2 aromatic rings. The number of β-amino-alcohol motifs (C(OH)–C–C–N with tert-alkyl or cyclic N) is 1. The lowest BCUT2D eigenvalue weighted by atomic mass is 10.00. The summed E-state index contributed by atoms with van der Waals surface area (Å²) in [7, 11) is 0. The van der Waals surface area contributed by atoms with Crippen LogP contribution in [-0.4, -0.2) is 52.2 Å². The molecule has 0 aromatic heterocycles. The Morgan fingerprint density at radius 3 is 2.44 bits per heavy atom. The molecule has 130 valence electrons. The largest absolute Gasteiger partial charge is 0.508 e. The highest BCUT2D eigenvalue weighted by atomic mass is 16.3. The highest BCUT2D eigenvalue weighted by Gasteiger charge is 2.31. The highest BCUT2D eigenvalue weighted by Crippen LogP contribution is 2.16. The predicted molar refractivity (Wildman–Crippen MR) is 92.3 cm³/mol. The smallest absolute Gasteiger partial charge is 0.253 e. The molecule has 0 saturated carbocycles. The van der Waals surface area contributed by atoms with Gasteiger partial charge in [0.15, 0.2) is 0 Å². The molecule has 2 atom stereocenters. The van der Waals surface area contributed by atoms with Crippen LogP contribution < -0.4 is 5.32 Å². The molecule has 1 aliphatic rings. The Bertz CT molecular complexity index is 763. The number of hydrogen-bond acceptors (Lipinski definition) is 4. The van der Waals surface area contributed by atoms with E-state index in [0.717, 1.165) is 0 Å². The fourth-order valence-electron chi connectivity index (χ4n) is 2.95. The van der Waals surface area contributed by atoms with Crippen LogP contribution in [0.3, 0.4) is 0 Å². The Morgan fingerprint density at radius 2 is 1.76 bits per heavy atom. The second kappa shape index (κ2) is 7.36. The summed E-state index contributed by atoms with van der Waals surface area (Å²) in [5.41, 5.74) is 0.909. The number of hydrogen-bond donors (Lipinski definition) is 3. The second-order valence-corrected chi connectivity index (χ2v) is 6.10. The van der Waals surface area contributed by atoms with Gasteiger partial charge in [-0.2, -0.15) is 0 Å². The third kappa shape index (κ3) is 3.97. The molecule has 2 amide bonds. The van der Waals surface area contributed by atoms with Crippen molar-refractivity contribution in [1.82, 2.24) is 10.2 Å². The summed E-state index contributed by atoms with van der Waals surface area (Å²) in [4.78, 5) is 26.3. The number of aliphatic hydroxyl groups excluding tert-OH is 1. The Balaban J connectivity index is 1.60. The van der Waals surface area contributed by atoms with Crippen molar-refractivity contribution in [2.45, 2.75) is 18.6 Å². The van der Waals surface area contributed by atoms with Crippen molar-refractivity contribution in [3.63, 3.8) is 0 Å². The third-order valence-electron chi connectivity index (χ3n) is 4.31. The Morgan fingerprint density at radius 1 is 1.04 bits per heavy atom. The van der Waals surface area contributed by atoms with E-state index in [9.17, 15) is 19.8 Å². The first-order chi connectivity index (χ1) is 12.0. The molecule has 1 fully saturated rings. The quantitative estimate of drug-likeness (QED) is 0.788. The van der Waals surface area contributed by atoms with Gasteiger partial charge in [-0.05, 0) is 36.8 Å². The maximum Gasteiger partial charge on any atom is 0.253 e. The average Bonchev–Trinajstić information content (AvgIpc) is 2.63. The third-order valence-corrected chi connectivity index (χ3v) is 4.31. The summed E-state index contributed by atoms with van der Waals surface area (Å²) >= 11 is 0. The molecule has 0 aliphatic carbocycles. The number of benzene rings is 2. The first kappa shape index (κ1) is 17.0. The van der Waals surface area contributed by atoms with E-state index in [1.807, 2.05) is 6.07 Å². The molecule has 3 rings (SSSR count). The molecule has 6 heteroatoms. The van der Waals surface area contributed by atoms with Crippen molar-refractivity contribution in [2.24, 2.45) is 0 Å². The van der Waals surface area contributed by atoms with Gasteiger partial charge in [0.05, 0.1) is 12.1 Å². The minimum Gasteiger partial charge on any atom is -0.508 e. The van der Waals surface area contributed by atoms with Crippen molar-refractivity contribution in [2.75, 3.05) is 13.1 Å². The molecule has 0 bridgehead atoms. The lowest BCUT2D eigenvalue weighted by molar-refractivity contribution is 0.0315. The van der Waals surface area contributed by atoms with Crippen LogP contribution in [0.25, 0.3) is 0 Å². The second-order valence-electron chi connectivity index (χ2n) is 6.10. The number of likely N-dealkylation sites (tertiary alicyclic amines) is 1. The van der Waals surface area contributed by atoms with Crippen molar-refractivity contribution in [3.8, 4) is 5.75 Å². The Kier molecular flexibility index (Phi) is 5.00. The predicted octanol–water partition coefficient (Wildman–Crippen LogP) is 1.40. The number of phenolic OH excluding ortho intramolecular Hbond substituents is 1. The van der Waals surface area contributed by atoms with Crippen LogP contribution in [0.1, 0.15) is 27.1 Å². The summed E-state index contributed by atoms with van der Waals surface area (Å²) in [5, 5.41) is 22.6. The van der Waals surface area contributed by atoms with E-state index in [4.69, 9.17) is 0 Å². The van der Waals surface area contributed by atoms with E-state index in [-0.39, 0.29) is 24.1 Å². The van der Waals surface area contributed by atoms with Crippen molar-refractivity contribution < 1.29 is 19.8 Å². The molecular formula is C19H20N2O4. The molecule has 1 aliphatic heterocycles. The first-order valence-electron chi connectivity index (χ1n) is 8.17. The van der Waals surface area contributed by atoms with Crippen LogP contribution in [0.15, 0.2) is 54.6 Å². The minimum atomic E-state index is -0.845. The highest BCUT2D eigenvalue weighted by molar-refractivity contribution is 5.95. The summed E-state index contributed by atoms with van der Waals surface area (Å²) in [6.45, 7) is 0.620. The van der Waals surface area contributed by atoms with Gasteiger partial charge in [0.1, 0.15) is 5.75 Å². The van der Waals surface area contributed by atoms with Crippen LogP contribution >= 0.6 is 0 Å². The molecule has 6 nitrogen and oxygen atoms in total. The van der Waals surface area contributed by atoms with E-state index in [2.05, 4.69) is 5.32 Å². The lowest BCUT2D eigenvalue weighted by Gasteiger charge is -2.36. The molecular weight excluding hydrogens is 320 g/mol. The van der Waals surface area contributed by atoms with Gasteiger partial charge in [-0.15, -0.1) is 0 Å². The maximum atomic E-state index is 12.4. The number of carbonyl (C=O) groups excluding carboxylic acids is 2. The topological polar surface area (TPSA) is 89.9 Å². The lowest BCUT2D eigenvalue weighted by Crippen LogP contribution is -2.55. The Hall–Kier alpha value is -2.86. The van der Waals surface area contributed by atoms with E-state index in [1.54, 1.807) is 41.3 Å². The summed E-state index contributed by atoms with van der Waals surface area (Å²) < 4.78 is 0. The van der Waals surface area contributed by atoms with Crippen LogP contribution in [-0.2, 0) is 0 Å². The van der Waals surface area contributed by atoms with Gasteiger partial charge < -0.3 is 20.4 Å². The molecule has 0 unspecified atom stereocenters. The maximum absolute atomic E-state index is 12.4. The van der Waals surface area contributed by atoms with Gasteiger partial charge in [-0.25, -0.2) is 0 Å². The van der Waals surface area contributed by atoms with Crippen molar-refractivity contribution in [1.29, 1.82) is 0 Å². The number of rotatable bonds is 3. The number of aromatic hydroxyl groups is 1. The normalized spacial score (nSPS) is 20.1. The van der Waals surface area contributed by atoms with E-state index in [0.29, 0.717) is 24.1 Å².